The van der Waals surface area contributed by atoms with Gasteiger partial charge in [0.1, 0.15) is 6.54 Å². The summed E-state index contributed by atoms with van der Waals surface area (Å²) in [6.07, 6.45) is 2.87. The number of nitrogens with zero attached hydrogens (tertiary/aromatic N) is 2. The van der Waals surface area contributed by atoms with Crippen LogP contribution in [0.3, 0.4) is 0 Å². The molecule has 0 bridgehead atoms. The molecule has 0 saturated carbocycles. The van der Waals surface area contributed by atoms with E-state index < -0.39 is 5.97 Å². The first-order valence-corrected chi connectivity index (χ1v) is 6.22. The SMILES string of the molecule is COCc1cccc(C(=O)Nc2cnn(CC(=O)O)c2)c1. The van der Waals surface area contributed by atoms with Gasteiger partial charge in [0, 0.05) is 18.9 Å². The van der Waals surface area contributed by atoms with Crippen LogP contribution in [0.1, 0.15) is 15.9 Å². The van der Waals surface area contributed by atoms with Crippen molar-refractivity contribution in [3.05, 3.63) is 47.8 Å². The monoisotopic (exact) mass is 289 g/mol. The molecule has 2 N–H and O–H groups in total. The Bertz CT molecular complexity index is 651. The van der Waals surface area contributed by atoms with E-state index in [2.05, 4.69) is 10.4 Å². The molecule has 0 unspecified atom stereocenters. The number of carbonyl (C=O) groups excluding carboxylic acids is 1. The number of aromatic nitrogens is 2. The van der Waals surface area contributed by atoms with Crippen molar-refractivity contribution in [2.75, 3.05) is 12.4 Å². The van der Waals surface area contributed by atoms with Gasteiger partial charge in [0.05, 0.1) is 18.5 Å². The highest BCUT2D eigenvalue weighted by Crippen LogP contribution is 2.11. The van der Waals surface area contributed by atoms with Gasteiger partial charge >= 0.3 is 5.97 Å². The second kappa shape index (κ2) is 6.67. The predicted molar refractivity (Wildman–Crippen MR) is 75.0 cm³/mol. The zero-order valence-corrected chi connectivity index (χ0v) is 11.4. The van der Waals surface area contributed by atoms with Crippen LogP contribution in [0.15, 0.2) is 36.7 Å². The maximum atomic E-state index is 12.1. The molecule has 1 aromatic carbocycles. The van der Waals surface area contributed by atoms with Crippen LogP contribution < -0.4 is 5.32 Å². The minimum Gasteiger partial charge on any atom is -0.480 e. The molecule has 0 aliphatic carbocycles. The predicted octanol–water partition coefficient (Wildman–Crippen LogP) is 1.37. The van der Waals surface area contributed by atoms with Crippen LogP contribution in [-0.2, 0) is 22.7 Å². The summed E-state index contributed by atoms with van der Waals surface area (Å²) >= 11 is 0. The number of carboxylic acids is 1. The van der Waals surface area contributed by atoms with E-state index in [0.29, 0.717) is 17.9 Å². The minimum atomic E-state index is -0.997. The smallest absolute Gasteiger partial charge is 0.325 e. The number of carbonyl (C=O) groups is 2. The van der Waals surface area contributed by atoms with Crippen molar-refractivity contribution in [2.24, 2.45) is 0 Å². The molecule has 0 aliphatic heterocycles. The van der Waals surface area contributed by atoms with E-state index in [1.54, 1.807) is 25.3 Å². The number of rotatable bonds is 6. The third-order valence-corrected chi connectivity index (χ3v) is 2.69. The molecule has 21 heavy (non-hydrogen) atoms. The van der Waals surface area contributed by atoms with Crippen molar-refractivity contribution in [3.8, 4) is 0 Å². The Labute approximate surface area is 121 Å². The number of methoxy groups -OCH3 is 1. The molecule has 7 nitrogen and oxygen atoms in total. The lowest BCUT2D eigenvalue weighted by atomic mass is 10.1. The molecule has 0 aliphatic rings. The van der Waals surface area contributed by atoms with Gasteiger partial charge in [-0.2, -0.15) is 5.10 Å². The number of anilines is 1. The second-order valence-corrected chi connectivity index (χ2v) is 4.41. The lowest BCUT2D eigenvalue weighted by Crippen LogP contribution is -2.12. The highest BCUT2D eigenvalue weighted by Gasteiger charge is 2.09. The zero-order valence-electron chi connectivity index (χ0n) is 11.4. The minimum absolute atomic E-state index is 0.251. The normalized spacial score (nSPS) is 10.3. The van der Waals surface area contributed by atoms with Crippen LogP contribution in [0.2, 0.25) is 0 Å². The van der Waals surface area contributed by atoms with E-state index in [1.165, 1.54) is 17.1 Å². The lowest BCUT2D eigenvalue weighted by molar-refractivity contribution is -0.137. The number of amides is 1. The number of benzene rings is 1. The molecule has 110 valence electrons. The topological polar surface area (TPSA) is 93.5 Å². The summed E-state index contributed by atoms with van der Waals surface area (Å²) in [5.41, 5.74) is 1.83. The van der Waals surface area contributed by atoms with Gasteiger partial charge in [0.25, 0.3) is 5.91 Å². The highest BCUT2D eigenvalue weighted by atomic mass is 16.5. The summed E-state index contributed by atoms with van der Waals surface area (Å²) in [5.74, 6) is -1.29. The number of hydrogen-bond acceptors (Lipinski definition) is 4. The molecule has 1 amide bonds. The fourth-order valence-electron chi connectivity index (χ4n) is 1.83. The van der Waals surface area contributed by atoms with Gasteiger partial charge < -0.3 is 15.2 Å². The molecule has 1 heterocycles. The third kappa shape index (κ3) is 4.15. The maximum Gasteiger partial charge on any atom is 0.325 e. The maximum absolute atomic E-state index is 12.1. The van der Waals surface area contributed by atoms with Gasteiger partial charge in [-0.1, -0.05) is 12.1 Å². The van der Waals surface area contributed by atoms with Crippen LogP contribution in [0, 0.1) is 0 Å². The van der Waals surface area contributed by atoms with E-state index in [0.717, 1.165) is 5.56 Å². The summed E-state index contributed by atoms with van der Waals surface area (Å²) in [4.78, 5) is 22.7. The van der Waals surface area contributed by atoms with Gasteiger partial charge in [-0.15, -0.1) is 0 Å². The number of carboxylic acid groups (broad SMARTS) is 1. The summed E-state index contributed by atoms with van der Waals surface area (Å²) in [6.45, 7) is 0.177. The van der Waals surface area contributed by atoms with Crippen LogP contribution in [-0.4, -0.2) is 33.9 Å². The summed E-state index contributed by atoms with van der Waals surface area (Å²) < 4.78 is 6.26. The van der Waals surface area contributed by atoms with Crippen molar-refractivity contribution in [3.63, 3.8) is 0 Å². The fraction of sp³-hybridized carbons (Fsp3) is 0.214. The van der Waals surface area contributed by atoms with E-state index in [9.17, 15) is 9.59 Å². The molecule has 0 atom stereocenters. The highest BCUT2D eigenvalue weighted by molar-refractivity contribution is 6.04. The number of aliphatic carboxylic acids is 1. The zero-order chi connectivity index (χ0) is 15.2. The van der Waals surface area contributed by atoms with E-state index >= 15 is 0 Å². The Morgan fingerprint density at radius 1 is 1.43 bits per heavy atom. The van der Waals surface area contributed by atoms with E-state index in [-0.39, 0.29) is 12.5 Å². The lowest BCUT2D eigenvalue weighted by Gasteiger charge is -2.05. The van der Waals surface area contributed by atoms with Crippen LogP contribution in [0.5, 0.6) is 0 Å². The van der Waals surface area contributed by atoms with Crippen molar-refractivity contribution in [2.45, 2.75) is 13.2 Å². The van der Waals surface area contributed by atoms with Crippen molar-refractivity contribution < 1.29 is 19.4 Å². The Morgan fingerprint density at radius 2 is 2.24 bits per heavy atom. The first-order valence-electron chi connectivity index (χ1n) is 6.22. The standard InChI is InChI=1S/C14H15N3O4/c1-21-9-10-3-2-4-11(5-10)14(20)16-12-6-15-17(7-12)8-13(18)19/h2-7H,8-9H2,1H3,(H,16,20)(H,18,19). The van der Waals surface area contributed by atoms with Gasteiger partial charge in [0.2, 0.25) is 0 Å². The number of ether oxygens (including phenoxy) is 1. The van der Waals surface area contributed by atoms with Crippen LogP contribution in [0.4, 0.5) is 5.69 Å². The molecule has 0 fully saturated rings. The molecule has 0 saturated heterocycles. The van der Waals surface area contributed by atoms with Gasteiger partial charge in [-0.3, -0.25) is 14.3 Å². The molecular formula is C14H15N3O4. The van der Waals surface area contributed by atoms with E-state index in [4.69, 9.17) is 9.84 Å². The Hall–Kier alpha value is -2.67. The average Bonchev–Trinajstić information content (AvgIpc) is 2.86. The number of nitrogens with one attached hydrogen (secondary N) is 1. The van der Waals surface area contributed by atoms with Gasteiger partial charge in [-0.25, -0.2) is 0 Å². The van der Waals surface area contributed by atoms with Crippen molar-refractivity contribution in [1.82, 2.24) is 9.78 Å². The second-order valence-electron chi connectivity index (χ2n) is 4.41. The fourth-order valence-corrected chi connectivity index (χ4v) is 1.83. The Morgan fingerprint density at radius 3 is 2.95 bits per heavy atom. The molecular weight excluding hydrogens is 274 g/mol. The average molecular weight is 289 g/mol. The third-order valence-electron chi connectivity index (χ3n) is 2.69. The molecule has 2 aromatic rings. The summed E-state index contributed by atoms with van der Waals surface area (Å²) in [7, 11) is 1.59. The molecule has 0 spiro atoms. The molecule has 7 heteroatoms. The summed E-state index contributed by atoms with van der Waals surface area (Å²) in [5, 5.41) is 15.2. The molecule has 2 rings (SSSR count). The number of hydrogen-bond donors (Lipinski definition) is 2. The van der Waals surface area contributed by atoms with Gasteiger partial charge in [-0.05, 0) is 17.7 Å². The van der Waals surface area contributed by atoms with Gasteiger partial charge in [0.15, 0.2) is 0 Å². The first-order chi connectivity index (χ1) is 10.1. The Balaban J connectivity index is 2.05. The van der Waals surface area contributed by atoms with E-state index in [1.807, 2.05) is 6.07 Å². The molecule has 1 aromatic heterocycles. The quantitative estimate of drug-likeness (QED) is 0.837. The van der Waals surface area contributed by atoms with Crippen molar-refractivity contribution in [1.29, 1.82) is 0 Å². The summed E-state index contributed by atoms with van der Waals surface area (Å²) in [6, 6.07) is 7.07. The largest absolute Gasteiger partial charge is 0.480 e. The van der Waals surface area contributed by atoms with Crippen LogP contribution >= 0.6 is 0 Å². The molecule has 0 radical (unpaired) electrons. The van der Waals surface area contributed by atoms with Crippen LogP contribution in [0.25, 0.3) is 0 Å². The Kier molecular flexibility index (Phi) is 4.68. The van der Waals surface area contributed by atoms with Crippen molar-refractivity contribution >= 4 is 17.6 Å². The first kappa shape index (κ1) is 14.7.